The molecule has 0 spiro atoms. The van der Waals surface area contributed by atoms with Crippen LogP contribution in [0.2, 0.25) is 0 Å². The smallest absolute Gasteiger partial charge is 0.0352 e. The summed E-state index contributed by atoms with van der Waals surface area (Å²) in [5.41, 5.74) is 46.9. The summed E-state index contributed by atoms with van der Waals surface area (Å²) in [4.78, 5) is 0. The van der Waals surface area contributed by atoms with Gasteiger partial charge in [0.25, 0.3) is 0 Å². The van der Waals surface area contributed by atoms with Gasteiger partial charge in [-0.15, -0.1) is 0 Å². The molecule has 0 bridgehead atoms. The average Bonchev–Trinajstić information content (AvgIpc) is 1.56. The fraction of sp³-hybridized carbons (Fsp3) is 0.0357. The molecule has 112 heavy (non-hydrogen) atoms. The third-order valence-electron chi connectivity index (χ3n) is 24.1. The molecule has 4 atom stereocenters. The zero-order chi connectivity index (χ0) is 74.0. The molecule has 0 nitrogen and oxygen atoms in total. The van der Waals surface area contributed by atoms with Crippen molar-refractivity contribution < 1.29 is 0 Å². The summed E-state index contributed by atoms with van der Waals surface area (Å²) in [5.74, 6) is 0.806. The lowest BCUT2D eigenvalue weighted by molar-refractivity contribution is 0.982. The minimum Gasteiger partial charge on any atom is -0.0622 e. The lowest BCUT2D eigenvalue weighted by atomic mass is 9.84. The lowest BCUT2D eigenvalue weighted by Crippen LogP contribution is -2.02. The highest BCUT2D eigenvalue weighted by atomic mass is 14.4. The minimum absolute atomic E-state index is 0.171. The summed E-state index contributed by atoms with van der Waals surface area (Å²) in [6, 6.07) is 162. The predicted molar refractivity (Wildman–Crippen MR) is 468 cm³/mol. The molecule has 0 aromatic heterocycles. The average molecular weight is 1420 g/mol. The van der Waals surface area contributed by atoms with Crippen LogP contribution in [0.1, 0.15) is 90.4 Å². The Morgan fingerprint density at radius 2 is 0.286 bits per heavy atom. The van der Waals surface area contributed by atoms with Crippen molar-refractivity contribution in [2.45, 2.75) is 23.7 Å². The summed E-state index contributed by atoms with van der Waals surface area (Å²) in [6.45, 7) is 0. The van der Waals surface area contributed by atoms with E-state index in [-0.39, 0.29) is 23.7 Å². The molecule has 0 heterocycles. The zero-order valence-electron chi connectivity index (χ0n) is 61.9. The molecule has 18 aromatic carbocycles. The van der Waals surface area contributed by atoms with E-state index in [2.05, 4.69) is 437 Å². The predicted octanol–water partition coefficient (Wildman–Crippen LogP) is 29.4. The second kappa shape index (κ2) is 28.2. The van der Waals surface area contributed by atoms with Crippen LogP contribution in [0, 0.1) is 0 Å². The van der Waals surface area contributed by atoms with E-state index in [0.717, 1.165) is 0 Å². The molecule has 22 rings (SSSR count). The van der Waals surface area contributed by atoms with E-state index >= 15 is 0 Å². The van der Waals surface area contributed by atoms with Crippen molar-refractivity contribution in [3.05, 3.63) is 504 Å². The Hall–Kier alpha value is -14.0. The van der Waals surface area contributed by atoms with Crippen LogP contribution in [0.4, 0.5) is 0 Å². The Kier molecular flexibility index (Phi) is 16.7. The van der Waals surface area contributed by atoms with E-state index in [0.29, 0.717) is 0 Å². The summed E-state index contributed by atoms with van der Waals surface area (Å²) in [7, 11) is 0. The van der Waals surface area contributed by atoms with Gasteiger partial charge in [0.2, 0.25) is 0 Å². The van der Waals surface area contributed by atoms with E-state index in [1.807, 2.05) is 0 Å². The van der Waals surface area contributed by atoms with Gasteiger partial charge in [-0.2, -0.15) is 0 Å². The van der Waals surface area contributed by atoms with Crippen molar-refractivity contribution in [1.29, 1.82) is 0 Å². The summed E-state index contributed by atoms with van der Waals surface area (Å²) < 4.78 is 0. The quantitative estimate of drug-likeness (QED) is 0.114. The Labute approximate surface area is 656 Å². The molecule has 0 N–H and O–H groups in total. The van der Waals surface area contributed by atoms with Crippen molar-refractivity contribution in [3.8, 4) is 134 Å². The first-order valence-electron chi connectivity index (χ1n) is 39.3. The van der Waals surface area contributed by atoms with Crippen LogP contribution in [-0.4, -0.2) is 0 Å². The molecule has 0 saturated heterocycles. The fourth-order valence-corrected chi connectivity index (χ4v) is 18.8. The molecule has 18 aromatic rings. The summed E-state index contributed by atoms with van der Waals surface area (Å²) in [6.07, 6.45) is 0. The van der Waals surface area contributed by atoms with Gasteiger partial charge in [-0.05, 0) is 255 Å². The van der Waals surface area contributed by atoms with Crippen molar-refractivity contribution in [2.75, 3.05) is 0 Å². The van der Waals surface area contributed by atoms with E-state index in [4.69, 9.17) is 0 Å². The second-order valence-electron chi connectivity index (χ2n) is 30.4. The maximum atomic E-state index is 2.54. The normalized spacial score (nSPS) is 14.8. The maximum Gasteiger partial charge on any atom is 0.0352 e. The van der Waals surface area contributed by atoms with Gasteiger partial charge in [-0.25, -0.2) is 0 Å². The van der Waals surface area contributed by atoms with E-state index < -0.39 is 0 Å². The standard InChI is InChI=1S/2C56H38/c1-4-15-37(16-5-1)44-32-45(38-17-6-2-7-18-38)34-46(33-44)43-22-14-21-42(31-43)39-27-29-41(30-28-39)56-50-26-13-11-24-48(50)52-35-51-47-23-10-12-25-49(47)55(53(51)36-54(52)56)40-19-8-3-9-20-40;1-4-14-37(15-5-1)44-32-45(38-16-6-2-7-17-38)34-46(33-44)41-26-24-39(25-27-41)40-28-30-43(31-29-40)56-50-23-13-11-21-48(50)52-35-51-47-20-10-12-22-49(47)55(53(51)36-54(52)56)42-18-8-3-9-19-42/h2*1-36,55-56H. The second-order valence-corrected chi connectivity index (χ2v) is 30.4. The molecule has 4 aliphatic carbocycles. The third kappa shape index (κ3) is 11.9. The molecule has 0 radical (unpaired) electrons. The van der Waals surface area contributed by atoms with E-state index in [1.54, 1.807) is 0 Å². The Balaban J connectivity index is 0.000000141. The van der Waals surface area contributed by atoms with Gasteiger partial charge < -0.3 is 0 Å². The van der Waals surface area contributed by atoms with Gasteiger partial charge in [-0.3, -0.25) is 0 Å². The topological polar surface area (TPSA) is 0 Å². The van der Waals surface area contributed by atoms with E-state index in [1.165, 1.54) is 200 Å². The van der Waals surface area contributed by atoms with Crippen LogP contribution in [0.3, 0.4) is 0 Å². The molecule has 0 fully saturated rings. The lowest BCUT2D eigenvalue weighted by Gasteiger charge is -2.19. The molecule has 524 valence electrons. The zero-order valence-corrected chi connectivity index (χ0v) is 61.9. The Morgan fingerprint density at radius 1 is 0.0982 bits per heavy atom. The highest BCUT2D eigenvalue weighted by molar-refractivity contribution is 5.93. The number of rotatable bonds is 12. The van der Waals surface area contributed by atoms with Crippen LogP contribution in [0.15, 0.2) is 437 Å². The van der Waals surface area contributed by atoms with Gasteiger partial charge in [0.05, 0.1) is 0 Å². The van der Waals surface area contributed by atoms with Gasteiger partial charge in [0.15, 0.2) is 0 Å². The number of hydrogen-bond acceptors (Lipinski definition) is 0. The first kappa shape index (κ1) is 66.2. The summed E-state index contributed by atoms with van der Waals surface area (Å²) in [5, 5.41) is 0. The third-order valence-corrected chi connectivity index (χ3v) is 24.1. The molecular weight excluding hydrogens is 1350 g/mol. The van der Waals surface area contributed by atoms with Gasteiger partial charge in [-0.1, -0.05) is 382 Å². The van der Waals surface area contributed by atoms with Crippen molar-refractivity contribution >= 4 is 0 Å². The first-order valence-corrected chi connectivity index (χ1v) is 39.3. The summed E-state index contributed by atoms with van der Waals surface area (Å²) >= 11 is 0. The van der Waals surface area contributed by atoms with Crippen LogP contribution < -0.4 is 0 Å². The van der Waals surface area contributed by atoms with Crippen LogP contribution in [-0.2, 0) is 0 Å². The Morgan fingerprint density at radius 3 is 0.580 bits per heavy atom. The fourth-order valence-electron chi connectivity index (χ4n) is 18.8. The number of benzene rings is 18. The molecular formula is C112H76. The van der Waals surface area contributed by atoms with Crippen LogP contribution in [0.25, 0.3) is 134 Å². The molecule has 0 saturated carbocycles. The van der Waals surface area contributed by atoms with Crippen molar-refractivity contribution in [3.63, 3.8) is 0 Å². The van der Waals surface area contributed by atoms with Crippen LogP contribution >= 0.6 is 0 Å². The first-order chi connectivity index (χ1) is 55.5. The number of fused-ring (bicyclic) bond motifs is 12. The highest BCUT2D eigenvalue weighted by Crippen LogP contribution is 2.58. The van der Waals surface area contributed by atoms with Crippen LogP contribution in [0.5, 0.6) is 0 Å². The molecule has 4 aliphatic rings. The molecule has 0 amide bonds. The maximum absolute atomic E-state index is 2.54. The SMILES string of the molecule is c1ccc(-c2cc(-c3ccccc3)cc(-c3ccc(-c4ccc(C5c6ccccc6-c6cc7c(cc65)C(c5ccccc5)c5ccccc5-7)cc4)cc3)c2)cc1.c1ccc(-c2cc(-c3ccccc3)cc(-c3cccc(-c4ccc(C5c6ccccc6-c6cc7c(cc65)C(c5ccccc5)c5ccccc5-7)cc4)c3)c2)cc1. The minimum atomic E-state index is 0.171. The van der Waals surface area contributed by atoms with Crippen molar-refractivity contribution in [1.82, 2.24) is 0 Å². The highest BCUT2D eigenvalue weighted by Gasteiger charge is 2.39. The van der Waals surface area contributed by atoms with Gasteiger partial charge in [0.1, 0.15) is 0 Å². The Bertz CT molecular complexity index is 6440. The number of hydrogen-bond donors (Lipinski definition) is 0. The molecule has 0 heteroatoms. The van der Waals surface area contributed by atoms with Crippen molar-refractivity contribution in [2.24, 2.45) is 0 Å². The van der Waals surface area contributed by atoms with Gasteiger partial charge >= 0.3 is 0 Å². The monoisotopic (exact) mass is 1420 g/mol. The molecule has 4 unspecified atom stereocenters. The van der Waals surface area contributed by atoms with E-state index in [9.17, 15) is 0 Å². The van der Waals surface area contributed by atoms with Gasteiger partial charge in [0, 0.05) is 23.7 Å². The molecule has 0 aliphatic heterocycles. The largest absolute Gasteiger partial charge is 0.0622 e.